The van der Waals surface area contributed by atoms with E-state index in [0.717, 1.165) is 22.3 Å². The Bertz CT molecular complexity index is 1070. The number of amides is 1. The maximum Gasteiger partial charge on any atom is 0.269 e. The highest BCUT2D eigenvalue weighted by Crippen LogP contribution is 2.35. The lowest BCUT2D eigenvalue weighted by molar-refractivity contribution is -0.124. The molecule has 0 N–H and O–H groups in total. The smallest absolute Gasteiger partial charge is 0.269 e. The van der Waals surface area contributed by atoms with Crippen LogP contribution in [0.4, 0.5) is 11.6 Å². The van der Waals surface area contributed by atoms with Gasteiger partial charge in [-0.05, 0) is 35.9 Å². The predicted molar refractivity (Wildman–Crippen MR) is 105 cm³/mol. The maximum atomic E-state index is 13.2. The third kappa shape index (κ3) is 2.68. The molecular weight excluding hydrogens is 364 g/mol. The average Bonchev–Trinajstić information content (AvgIpc) is 3.10. The summed E-state index contributed by atoms with van der Waals surface area (Å²) in [5, 5.41) is 0.646. The Labute approximate surface area is 161 Å². The lowest BCUT2D eigenvalue weighted by Crippen LogP contribution is -2.48. The molecule has 2 aliphatic rings. The van der Waals surface area contributed by atoms with E-state index in [9.17, 15) is 4.79 Å². The van der Waals surface area contributed by atoms with E-state index < -0.39 is 6.10 Å². The van der Waals surface area contributed by atoms with Crippen molar-refractivity contribution in [1.82, 2.24) is 9.97 Å². The summed E-state index contributed by atoms with van der Waals surface area (Å²) in [5.41, 5.74) is 2.54. The molecule has 27 heavy (non-hydrogen) atoms. The number of hydrogen-bond acceptors (Lipinski definition) is 5. The van der Waals surface area contributed by atoms with E-state index in [-0.39, 0.29) is 5.91 Å². The number of rotatable bonds is 1. The van der Waals surface area contributed by atoms with Gasteiger partial charge in [-0.25, -0.2) is 9.97 Å². The molecule has 1 atom stereocenters. The molecular formula is C20H17ClN4O2. The Hall–Kier alpha value is -2.86. The average molecular weight is 381 g/mol. The Morgan fingerprint density at radius 3 is 2.63 bits per heavy atom. The molecule has 7 heteroatoms. The molecule has 2 aromatic carbocycles. The number of nitrogens with zero attached hydrogens (tertiary/aromatic N) is 4. The summed E-state index contributed by atoms with van der Waals surface area (Å²) >= 11 is 6.06. The van der Waals surface area contributed by atoms with E-state index in [4.69, 9.17) is 26.3 Å². The van der Waals surface area contributed by atoms with Crippen molar-refractivity contribution in [3.05, 3.63) is 53.1 Å². The molecule has 3 aromatic rings. The fraction of sp³-hybridized carbons (Fsp3) is 0.250. The molecule has 0 bridgehead atoms. The molecule has 5 rings (SSSR count). The molecule has 0 saturated heterocycles. The van der Waals surface area contributed by atoms with E-state index in [1.807, 2.05) is 48.3 Å². The summed E-state index contributed by atoms with van der Waals surface area (Å²) in [4.78, 5) is 26.4. The van der Waals surface area contributed by atoms with Crippen LogP contribution in [0.1, 0.15) is 5.56 Å². The fourth-order valence-corrected chi connectivity index (χ4v) is 3.82. The number of anilines is 2. The van der Waals surface area contributed by atoms with Crippen LogP contribution in [0, 0.1) is 0 Å². The molecule has 1 aromatic heterocycles. The molecule has 0 radical (unpaired) electrons. The van der Waals surface area contributed by atoms with Crippen LogP contribution < -0.4 is 14.5 Å². The lowest BCUT2D eigenvalue weighted by atomic mass is 10.1. The minimum absolute atomic E-state index is 0.0961. The van der Waals surface area contributed by atoms with Gasteiger partial charge in [-0.3, -0.25) is 9.69 Å². The van der Waals surface area contributed by atoms with Crippen molar-refractivity contribution in [2.45, 2.75) is 12.5 Å². The summed E-state index contributed by atoms with van der Waals surface area (Å²) in [7, 11) is 1.97. The predicted octanol–water partition coefficient (Wildman–Crippen LogP) is 3.07. The van der Waals surface area contributed by atoms with E-state index >= 15 is 0 Å². The van der Waals surface area contributed by atoms with Crippen molar-refractivity contribution in [2.24, 2.45) is 0 Å². The number of aromatic nitrogens is 2. The van der Waals surface area contributed by atoms with Crippen LogP contribution in [0.2, 0.25) is 5.02 Å². The van der Waals surface area contributed by atoms with Crippen molar-refractivity contribution >= 4 is 40.2 Å². The minimum Gasteiger partial charge on any atom is -0.480 e. The molecule has 1 unspecified atom stereocenters. The second kappa shape index (κ2) is 6.09. The van der Waals surface area contributed by atoms with Gasteiger partial charge in [0.2, 0.25) is 0 Å². The monoisotopic (exact) mass is 380 g/mol. The summed E-state index contributed by atoms with van der Waals surface area (Å²) in [6.45, 7) is 1.24. The van der Waals surface area contributed by atoms with E-state index in [2.05, 4.69) is 0 Å². The fourth-order valence-electron chi connectivity index (χ4n) is 3.62. The van der Waals surface area contributed by atoms with Crippen molar-refractivity contribution in [1.29, 1.82) is 0 Å². The van der Waals surface area contributed by atoms with E-state index in [1.54, 1.807) is 11.0 Å². The largest absolute Gasteiger partial charge is 0.480 e. The van der Waals surface area contributed by atoms with Crippen LogP contribution in [0.3, 0.4) is 0 Å². The van der Waals surface area contributed by atoms with E-state index in [1.165, 1.54) is 0 Å². The molecule has 136 valence electrons. The first-order valence-corrected chi connectivity index (χ1v) is 9.22. The highest BCUT2D eigenvalue weighted by molar-refractivity contribution is 6.30. The van der Waals surface area contributed by atoms with Crippen molar-refractivity contribution < 1.29 is 9.53 Å². The molecule has 0 aliphatic carbocycles. The SMILES string of the molecule is CN1CCN(C(=O)C2Cc3cc(Cl)ccc3O2)c2nc3ccccc3nc21. The first kappa shape index (κ1) is 16.3. The second-order valence-electron chi connectivity index (χ2n) is 6.83. The molecule has 6 nitrogen and oxygen atoms in total. The number of ether oxygens (including phenoxy) is 1. The minimum atomic E-state index is -0.567. The van der Waals surface area contributed by atoms with E-state index in [0.29, 0.717) is 36.2 Å². The van der Waals surface area contributed by atoms with Gasteiger partial charge in [0.1, 0.15) is 5.75 Å². The van der Waals surface area contributed by atoms with Crippen LogP contribution in [-0.4, -0.2) is 42.1 Å². The van der Waals surface area contributed by atoms with Gasteiger partial charge in [0, 0.05) is 31.6 Å². The highest BCUT2D eigenvalue weighted by Gasteiger charge is 2.37. The zero-order chi connectivity index (χ0) is 18.5. The number of carbonyl (C=O) groups excluding carboxylic acids is 1. The zero-order valence-corrected chi connectivity index (χ0v) is 15.5. The Balaban J connectivity index is 1.51. The number of para-hydroxylation sites is 2. The van der Waals surface area contributed by atoms with Crippen LogP contribution in [-0.2, 0) is 11.2 Å². The standard InChI is InChI=1S/C20H17ClN4O2/c1-24-8-9-25(19-18(24)22-14-4-2-3-5-15(14)23-19)20(26)17-11-12-10-13(21)6-7-16(12)27-17/h2-7,10,17H,8-9,11H2,1H3. The van der Waals surface area contributed by atoms with Crippen molar-refractivity contribution in [3.8, 4) is 5.75 Å². The summed E-state index contributed by atoms with van der Waals surface area (Å²) in [5.74, 6) is 1.93. The molecule has 0 fully saturated rings. The number of halogens is 1. The first-order valence-electron chi connectivity index (χ1n) is 8.84. The van der Waals surface area contributed by atoms with Crippen LogP contribution in [0.15, 0.2) is 42.5 Å². The Kier molecular flexibility index (Phi) is 3.68. The molecule has 0 spiro atoms. The number of benzene rings is 2. The lowest BCUT2D eigenvalue weighted by Gasteiger charge is -2.34. The quantitative estimate of drug-likeness (QED) is 0.649. The van der Waals surface area contributed by atoms with Gasteiger partial charge in [-0.2, -0.15) is 0 Å². The number of fused-ring (bicyclic) bond motifs is 3. The van der Waals surface area contributed by atoms with Crippen LogP contribution >= 0.6 is 11.6 Å². The third-order valence-corrected chi connectivity index (χ3v) is 5.28. The van der Waals surface area contributed by atoms with Gasteiger partial charge in [0.15, 0.2) is 17.7 Å². The summed E-state index contributed by atoms with van der Waals surface area (Å²) in [6.07, 6.45) is -0.0554. The van der Waals surface area contributed by atoms with Crippen molar-refractivity contribution in [2.75, 3.05) is 29.9 Å². The number of carbonyl (C=O) groups is 1. The molecule has 2 aliphatic heterocycles. The molecule has 0 saturated carbocycles. The topological polar surface area (TPSA) is 58.6 Å². The highest BCUT2D eigenvalue weighted by atomic mass is 35.5. The van der Waals surface area contributed by atoms with Gasteiger partial charge in [0.05, 0.1) is 11.0 Å². The Morgan fingerprint density at radius 1 is 1.11 bits per heavy atom. The normalized spacial score (nSPS) is 18.2. The van der Waals surface area contributed by atoms with Gasteiger partial charge in [-0.15, -0.1) is 0 Å². The number of likely N-dealkylation sites (N-methyl/N-ethyl adjacent to an activating group) is 1. The van der Waals surface area contributed by atoms with Crippen molar-refractivity contribution in [3.63, 3.8) is 0 Å². The zero-order valence-electron chi connectivity index (χ0n) is 14.7. The maximum absolute atomic E-state index is 13.2. The van der Waals surface area contributed by atoms with Gasteiger partial charge < -0.3 is 9.64 Å². The first-order chi connectivity index (χ1) is 13.1. The van der Waals surface area contributed by atoms with Gasteiger partial charge >= 0.3 is 0 Å². The summed E-state index contributed by atoms with van der Waals surface area (Å²) in [6, 6.07) is 13.1. The Morgan fingerprint density at radius 2 is 1.85 bits per heavy atom. The molecule has 3 heterocycles. The van der Waals surface area contributed by atoms with Crippen LogP contribution in [0.5, 0.6) is 5.75 Å². The van der Waals surface area contributed by atoms with Crippen LogP contribution in [0.25, 0.3) is 11.0 Å². The third-order valence-electron chi connectivity index (χ3n) is 5.05. The second-order valence-corrected chi connectivity index (χ2v) is 7.27. The van der Waals surface area contributed by atoms with Gasteiger partial charge in [0.25, 0.3) is 5.91 Å². The van der Waals surface area contributed by atoms with Gasteiger partial charge in [-0.1, -0.05) is 23.7 Å². The number of hydrogen-bond donors (Lipinski definition) is 0. The molecule has 1 amide bonds. The summed E-state index contributed by atoms with van der Waals surface area (Å²) < 4.78 is 5.89.